The molecule has 0 amide bonds. The van der Waals surface area contributed by atoms with Crippen molar-refractivity contribution in [2.45, 2.75) is 13.5 Å². The summed E-state index contributed by atoms with van der Waals surface area (Å²) in [4.78, 5) is 12.4. The summed E-state index contributed by atoms with van der Waals surface area (Å²) in [5.41, 5.74) is 10.0. The topological polar surface area (TPSA) is 79.4 Å². The van der Waals surface area contributed by atoms with Crippen LogP contribution in [0.1, 0.15) is 23.0 Å². The van der Waals surface area contributed by atoms with Gasteiger partial charge in [-0.1, -0.05) is 18.2 Å². The molecule has 6 heteroatoms. The predicted molar refractivity (Wildman–Crippen MR) is 93.7 cm³/mol. The minimum absolute atomic E-state index is 0.257. The van der Waals surface area contributed by atoms with Crippen molar-refractivity contribution in [1.82, 2.24) is 9.78 Å². The van der Waals surface area contributed by atoms with Crippen LogP contribution in [0.15, 0.2) is 48.5 Å². The molecule has 0 aliphatic carbocycles. The van der Waals surface area contributed by atoms with E-state index >= 15 is 0 Å². The Morgan fingerprint density at radius 1 is 1.28 bits per heavy atom. The first-order valence-electron chi connectivity index (χ1n) is 8.06. The molecule has 0 saturated carbocycles. The highest BCUT2D eigenvalue weighted by atomic mass is 16.5. The average Bonchev–Trinajstić information content (AvgIpc) is 3.03. The van der Waals surface area contributed by atoms with E-state index in [-0.39, 0.29) is 18.9 Å². The standard InChI is InChI=1S/C19H17N3O3/c1-2-24-19(23)17-15-11-25-16-9-8-12(20)10-14(16)18(15)22(21-17)13-6-4-3-5-7-13/h3-10H,2,11,20H2,1H3. The molecule has 2 heterocycles. The van der Waals surface area contributed by atoms with Crippen molar-refractivity contribution in [3.8, 4) is 22.7 Å². The van der Waals surface area contributed by atoms with Crippen LogP contribution in [0.4, 0.5) is 5.69 Å². The predicted octanol–water partition coefficient (Wildman–Crippen LogP) is 3.19. The second kappa shape index (κ2) is 5.98. The number of hydrogen-bond acceptors (Lipinski definition) is 5. The van der Waals surface area contributed by atoms with Crippen LogP contribution in [-0.4, -0.2) is 22.4 Å². The summed E-state index contributed by atoms with van der Waals surface area (Å²) in [7, 11) is 0. The van der Waals surface area contributed by atoms with Crippen molar-refractivity contribution in [2.24, 2.45) is 0 Å². The Morgan fingerprint density at radius 2 is 2.08 bits per heavy atom. The van der Waals surface area contributed by atoms with Gasteiger partial charge in [-0.05, 0) is 37.3 Å². The molecular weight excluding hydrogens is 318 g/mol. The molecule has 0 bridgehead atoms. The highest BCUT2D eigenvalue weighted by Crippen LogP contribution is 2.41. The Balaban J connectivity index is 1.98. The minimum Gasteiger partial charge on any atom is -0.488 e. The van der Waals surface area contributed by atoms with E-state index in [9.17, 15) is 4.79 Å². The van der Waals surface area contributed by atoms with Crippen molar-refractivity contribution < 1.29 is 14.3 Å². The van der Waals surface area contributed by atoms with E-state index in [1.54, 1.807) is 17.7 Å². The van der Waals surface area contributed by atoms with Gasteiger partial charge in [0.05, 0.1) is 23.6 Å². The van der Waals surface area contributed by atoms with Gasteiger partial charge in [0.1, 0.15) is 12.4 Å². The van der Waals surface area contributed by atoms with Gasteiger partial charge in [-0.15, -0.1) is 0 Å². The molecule has 0 spiro atoms. The third-order valence-corrected chi connectivity index (χ3v) is 4.08. The normalized spacial score (nSPS) is 12.0. The van der Waals surface area contributed by atoms with Crippen LogP contribution < -0.4 is 10.5 Å². The fourth-order valence-corrected chi connectivity index (χ4v) is 2.99. The average molecular weight is 335 g/mol. The smallest absolute Gasteiger partial charge is 0.359 e. The largest absolute Gasteiger partial charge is 0.488 e. The maximum Gasteiger partial charge on any atom is 0.359 e. The fourth-order valence-electron chi connectivity index (χ4n) is 2.99. The van der Waals surface area contributed by atoms with Crippen molar-refractivity contribution in [3.63, 3.8) is 0 Å². The summed E-state index contributed by atoms with van der Waals surface area (Å²) in [6.07, 6.45) is 0. The molecule has 4 rings (SSSR count). The number of hydrogen-bond donors (Lipinski definition) is 1. The van der Waals surface area contributed by atoms with Crippen molar-refractivity contribution in [1.29, 1.82) is 0 Å². The molecule has 3 aromatic rings. The van der Waals surface area contributed by atoms with Crippen LogP contribution in [0.2, 0.25) is 0 Å². The number of ether oxygens (including phenoxy) is 2. The lowest BCUT2D eigenvalue weighted by Gasteiger charge is -2.20. The molecule has 126 valence electrons. The molecule has 0 unspecified atom stereocenters. The number of aromatic nitrogens is 2. The lowest BCUT2D eigenvalue weighted by atomic mass is 10.0. The fraction of sp³-hybridized carbons (Fsp3) is 0.158. The van der Waals surface area contributed by atoms with Gasteiger partial charge in [0, 0.05) is 11.3 Å². The van der Waals surface area contributed by atoms with Crippen LogP contribution in [0.25, 0.3) is 16.9 Å². The molecule has 1 aliphatic heterocycles. The molecule has 1 aromatic heterocycles. The SMILES string of the molecule is CCOC(=O)c1nn(-c2ccccc2)c2c1COc1ccc(N)cc1-2. The Bertz CT molecular complexity index is 948. The van der Waals surface area contributed by atoms with Gasteiger partial charge in [0.25, 0.3) is 0 Å². The lowest BCUT2D eigenvalue weighted by Crippen LogP contribution is -2.12. The van der Waals surface area contributed by atoms with E-state index in [0.717, 1.165) is 16.9 Å². The summed E-state index contributed by atoms with van der Waals surface area (Å²) in [5.74, 6) is 0.263. The van der Waals surface area contributed by atoms with Gasteiger partial charge in [0.2, 0.25) is 0 Å². The van der Waals surface area contributed by atoms with Crippen LogP contribution in [0.3, 0.4) is 0 Å². The zero-order valence-electron chi connectivity index (χ0n) is 13.7. The number of carbonyl (C=O) groups excluding carboxylic acids is 1. The zero-order valence-corrected chi connectivity index (χ0v) is 13.7. The Morgan fingerprint density at radius 3 is 2.84 bits per heavy atom. The molecule has 0 radical (unpaired) electrons. The molecule has 0 saturated heterocycles. The maximum absolute atomic E-state index is 12.4. The van der Waals surface area contributed by atoms with Gasteiger partial charge < -0.3 is 15.2 Å². The van der Waals surface area contributed by atoms with Crippen molar-refractivity contribution in [3.05, 3.63) is 59.8 Å². The number of anilines is 1. The number of para-hydroxylation sites is 1. The molecule has 6 nitrogen and oxygen atoms in total. The van der Waals surface area contributed by atoms with E-state index in [1.807, 2.05) is 42.5 Å². The number of nitrogens with two attached hydrogens (primary N) is 1. The zero-order chi connectivity index (χ0) is 17.4. The number of fused-ring (bicyclic) bond motifs is 3. The van der Waals surface area contributed by atoms with Gasteiger partial charge in [-0.3, -0.25) is 0 Å². The summed E-state index contributed by atoms with van der Waals surface area (Å²) in [6, 6.07) is 15.1. The lowest BCUT2D eigenvalue weighted by molar-refractivity contribution is 0.0516. The van der Waals surface area contributed by atoms with Crippen molar-refractivity contribution in [2.75, 3.05) is 12.3 Å². The minimum atomic E-state index is -0.454. The number of nitrogen functional groups attached to an aromatic ring is 1. The molecule has 2 aromatic carbocycles. The van der Waals surface area contributed by atoms with Crippen LogP contribution in [-0.2, 0) is 11.3 Å². The van der Waals surface area contributed by atoms with Crippen LogP contribution in [0.5, 0.6) is 5.75 Å². The van der Waals surface area contributed by atoms with E-state index in [1.165, 1.54) is 0 Å². The summed E-state index contributed by atoms with van der Waals surface area (Å²) in [5, 5.41) is 4.53. The van der Waals surface area contributed by atoms with Gasteiger partial charge in [0.15, 0.2) is 5.69 Å². The molecular formula is C19H17N3O3. The van der Waals surface area contributed by atoms with Crippen LogP contribution >= 0.6 is 0 Å². The summed E-state index contributed by atoms with van der Waals surface area (Å²) >= 11 is 0. The molecule has 2 N–H and O–H groups in total. The van der Waals surface area contributed by atoms with E-state index in [2.05, 4.69) is 5.10 Å². The van der Waals surface area contributed by atoms with E-state index in [0.29, 0.717) is 17.0 Å². The summed E-state index contributed by atoms with van der Waals surface area (Å²) < 4.78 is 12.7. The Kier molecular flexibility index (Phi) is 3.65. The highest BCUT2D eigenvalue weighted by Gasteiger charge is 2.30. The maximum atomic E-state index is 12.4. The number of carbonyl (C=O) groups is 1. The molecule has 1 aliphatic rings. The highest BCUT2D eigenvalue weighted by molar-refractivity contribution is 5.93. The molecule has 0 atom stereocenters. The number of nitrogens with zero attached hydrogens (tertiary/aromatic N) is 2. The van der Waals surface area contributed by atoms with E-state index < -0.39 is 5.97 Å². The monoisotopic (exact) mass is 335 g/mol. The molecule has 25 heavy (non-hydrogen) atoms. The first-order chi connectivity index (χ1) is 12.2. The third-order valence-electron chi connectivity index (χ3n) is 4.08. The van der Waals surface area contributed by atoms with Crippen molar-refractivity contribution >= 4 is 11.7 Å². The number of esters is 1. The molecule has 0 fully saturated rings. The second-order valence-corrected chi connectivity index (χ2v) is 5.69. The Hall–Kier alpha value is -3.28. The van der Waals surface area contributed by atoms with Gasteiger partial charge in [-0.2, -0.15) is 5.10 Å². The quantitative estimate of drug-likeness (QED) is 0.587. The third kappa shape index (κ3) is 2.52. The van der Waals surface area contributed by atoms with Crippen LogP contribution in [0, 0.1) is 0 Å². The second-order valence-electron chi connectivity index (χ2n) is 5.69. The first kappa shape index (κ1) is 15.3. The van der Waals surface area contributed by atoms with Gasteiger partial charge >= 0.3 is 5.97 Å². The van der Waals surface area contributed by atoms with E-state index in [4.69, 9.17) is 15.2 Å². The van der Waals surface area contributed by atoms with Gasteiger partial charge in [-0.25, -0.2) is 9.48 Å². The first-order valence-corrected chi connectivity index (χ1v) is 8.06. The Labute approximate surface area is 144 Å². The number of rotatable bonds is 3. The number of benzene rings is 2. The summed E-state index contributed by atoms with van der Waals surface area (Å²) in [6.45, 7) is 2.31.